The summed E-state index contributed by atoms with van der Waals surface area (Å²) in [4.78, 5) is 13.6. The van der Waals surface area contributed by atoms with E-state index in [-0.39, 0.29) is 0 Å². The first kappa shape index (κ1) is 19.4. The highest BCUT2D eigenvalue weighted by molar-refractivity contribution is 5.62. The minimum atomic E-state index is 0.457. The zero-order valence-corrected chi connectivity index (χ0v) is 17.3. The number of aryl methyl sites for hydroxylation is 3. The molecule has 0 saturated carbocycles. The molecule has 0 saturated heterocycles. The predicted octanol–water partition coefficient (Wildman–Crippen LogP) is 6.03. The van der Waals surface area contributed by atoms with Gasteiger partial charge in [-0.05, 0) is 57.2 Å². The van der Waals surface area contributed by atoms with Gasteiger partial charge in [0.2, 0.25) is 17.8 Å². The van der Waals surface area contributed by atoms with Crippen LogP contribution in [0.4, 0.5) is 34.9 Å². The third kappa shape index (κ3) is 5.11. The summed E-state index contributed by atoms with van der Waals surface area (Å²) in [6.07, 6.45) is 0. The van der Waals surface area contributed by atoms with Crippen LogP contribution in [-0.2, 0) is 0 Å². The van der Waals surface area contributed by atoms with Gasteiger partial charge in [0.1, 0.15) is 0 Å². The SMILES string of the molecule is Cc1ccc(Nc2nc(Nc3ccc(C)cc3)nc(Nc3ccc(C)cc3)n2)cc1. The van der Waals surface area contributed by atoms with Crippen molar-refractivity contribution in [3.05, 3.63) is 89.5 Å². The van der Waals surface area contributed by atoms with Crippen LogP contribution in [-0.4, -0.2) is 15.0 Å². The summed E-state index contributed by atoms with van der Waals surface area (Å²) in [6, 6.07) is 24.2. The number of aromatic nitrogens is 3. The van der Waals surface area contributed by atoms with Gasteiger partial charge in [0.25, 0.3) is 0 Å². The molecular weight excluding hydrogens is 372 g/mol. The molecule has 6 nitrogen and oxygen atoms in total. The lowest BCUT2D eigenvalue weighted by Gasteiger charge is -2.12. The van der Waals surface area contributed by atoms with E-state index in [1.807, 2.05) is 72.8 Å². The van der Waals surface area contributed by atoms with Crippen LogP contribution in [0.2, 0.25) is 0 Å². The monoisotopic (exact) mass is 396 g/mol. The summed E-state index contributed by atoms with van der Waals surface area (Å²) in [5.41, 5.74) is 6.32. The second-order valence-electron chi connectivity index (χ2n) is 7.28. The van der Waals surface area contributed by atoms with Crippen molar-refractivity contribution in [2.24, 2.45) is 0 Å². The van der Waals surface area contributed by atoms with E-state index in [1.54, 1.807) is 0 Å². The van der Waals surface area contributed by atoms with Crippen LogP contribution in [0.1, 0.15) is 16.7 Å². The van der Waals surface area contributed by atoms with Crippen LogP contribution in [0.5, 0.6) is 0 Å². The minimum absolute atomic E-state index is 0.457. The predicted molar refractivity (Wildman–Crippen MR) is 123 cm³/mol. The van der Waals surface area contributed by atoms with Crippen molar-refractivity contribution in [3.63, 3.8) is 0 Å². The zero-order chi connectivity index (χ0) is 20.9. The molecule has 0 fully saturated rings. The number of nitrogens with zero attached hydrogens (tertiary/aromatic N) is 3. The largest absolute Gasteiger partial charge is 0.324 e. The Morgan fingerprint density at radius 3 is 0.867 bits per heavy atom. The molecule has 0 aliphatic rings. The summed E-state index contributed by atoms with van der Waals surface area (Å²) in [7, 11) is 0. The Labute approximate surface area is 176 Å². The van der Waals surface area contributed by atoms with Gasteiger partial charge in [-0.2, -0.15) is 15.0 Å². The standard InChI is InChI=1S/C24H24N6/c1-16-4-10-19(11-5-16)25-22-28-23(26-20-12-6-17(2)7-13-20)30-24(29-22)27-21-14-8-18(3)9-15-21/h4-15H,1-3H3,(H3,25,26,27,28,29,30). The molecule has 0 aliphatic heterocycles. The summed E-state index contributed by atoms with van der Waals surface area (Å²) in [5, 5.41) is 9.78. The fraction of sp³-hybridized carbons (Fsp3) is 0.125. The van der Waals surface area contributed by atoms with Crippen LogP contribution in [0.15, 0.2) is 72.8 Å². The molecule has 3 N–H and O–H groups in total. The molecule has 150 valence electrons. The molecule has 1 heterocycles. The molecule has 0 amide bonds. The van der Waals surface area contributed by atoms with E-state index < -0.39 is 0 Å². The van der Waals surface area contributed by atoms with Crippen LogP contribution >= 0.6 is 0 Å². The minimum Gasteiger partial charge on any atom is -0.324 e. The van der Waals surface area contributed by atoms with Gasteiger partial charge in [-0.25, -0.2) is 0 Å². The van der Waals surface area contributed by atoms with Crippen LogP contribution in [0.25, 0.3) is 0 Å². The van der Waals surface area contributed by atoms with Gasteiger partial charge in [-0.3, -0.25) is 0 Å². The number of nitrogens with one attached hydrogen (secondary N) is 3. The molecule has 1 aromatic heterocycles. The average molecular weight is 396 g/mol. The Morgan fingerprint density at radius 2 is 0.633 bits per heavy atom. The molecular formula is C24H24N6. The Morgan fingerprint density at radius 1 is 0.400 bits per heavy atom. The molecule has 30 heavy (non-hydrogen) atoms. The Hall–Kier alpha value is -3.93. The third-order valence-electron chi connectivity index (χ3n) is 4.56. The Kier molecular flexibility index (Phi) is 5.57. The van der Waals surface area contributed by atoms with Gasteiger partial charge in [0.05, 0.1) is 0 Å². The Bertz CT molecular complexity index is 961. The molecule has 4 rings (SSSR count). The van der Waals surface area contributed by atoms with E-state index in [9.17, 15) is 0 Å². The van der Waals surface area contributed by atoms with Gasteiger partial charge in [0, 0.05) is 17.1 Å². The average Bonchev–Trinajstić information content (AvgIpc) is 2.73. The van der Waals surface area contributed by atoms with E-state index in [4.69, 9.17) is 0 Å². The lowest BCUT2D eigenvalue weighted by molar-refractivity contribution is 1.06. The molecule has 0 aliphatic carbocycles. The highest BCUT2D eigenvalue weighted by atomic mass is 15.3. The summed E-state index contributed by atoms with van der Waals surface area (Å²) < 4.78 is 0. The first-order chi connectivity index (χ1) is 14.5. The highest BCUT2D eigenvalue weighted by Gasteiger charge is 2.08. The molecule has 6 heteroatoms. The van der Waals surface area contributed by atoms with Crippen molar-refractivity contribution < 1.29 is 0 Å². The molecule has 3 aromatic carbocycles. The van der Waals surface area contributed by atoms with Gasteiger partial charge in [-0.1, -0.05) is 53.1 Å². The maximum atomic E-state index is 4.54. The van der Waals surface area contributed by atoms with Gasteiger partial charge in [-0.15, -0.1) is 0 Å². The Balaban J connectivity index is 1.64. The number of benzene rings is 3. The van der Waals surface area contributed by atoms with Crippen molar-refractivity contribution in [1.82, 2.24) is 15.0 Å². The molecule has 0 bridgehead atoms. The van der Waals surface area contributed by atoms with E-state index >= 15 is 0 Å². The van der Waals surface area contributed by atoms with Crippen LogP contribution in [0.3, 0.4) is 0 Å². The molecule has 4 aromatic rings. The van der Waals surface area contributed by atoms with Crippen molar-refractivity contribution in [2.45, 2.75) is 20.8 Å². The fourth-order valence-electron chi connectivity index (χ4n) is 2.84. The van der Waals surface area contributed by atoms with Crippen molar-refractivity contribution >= 4 is 34.9 Å². The third-order valence-corrected chi connectivity index (χ3v) is 4.56. The second kappa shape index (κ2) is 8.61. The maximum absolute atomic E-state index is 4.54. The number of anilines is 6. The molecule has 0 atom stereocenters. The number of hydrogen-bond acceptors (Lipinski definition) is 6. The van der Waals surface area contributed by atoms with Gasteiger partial charge in [0.15, 0.2) is 0 Å². The summed E-state index contributed by atoms with van der Waals surface area (Å²) >= 11 is 0. The highest BCUT2D eigenvalue weighted by Crippen LogP contribution is 2.21. The van der Waals surface area contributed by atoms with Crippen LogP contribution < -0.4 is 16.0 Å². The van der Waals surface area contributed by atoms with E-state index in [2.05, 4.69) is 51.7 Å². The van der Waals surface area contributed by atoms with E-state index in [0.29, 0.717) is 17.8 Å². The summed E-state index contributed by atoms with van der Waals surface area (Å²) in [6.45, 7) is 6.17. The maximum Gasteiger partial charge on any atom is 0.233 e. The lowest BCUT2D eigenvalue weighted by atomic mass is 10.2. The first-order valence-corrected chi connectivity index (χ1v) is 9.81. The molecule has 0 unspecified atom stereocenters. The van der Waals surface area contributed by atoms with Crippen molar-refractivity contribution in [3.8, 4) is 0 Å². The smallest absolute Gasteiger partial charge is 0.233 e. The summed E-state index contributed by atoms with van der Waals surface area (Å²) in [5.74, 6) is 1.37. The number of rotatable bonds is 6. The normalized spacial score (nSPS) is 10.5. The van der Waals surface area contributed by atoms with Crippen molar-refractivity contribution in [1.29, 1.82) is 0 Å². The van der Waals surface area contributed by atoms with Gasteiger partial charge >= 0.3 is 0 Å². The first-order valence-electron chi connectivity index (χ1n) is 9.81. The van der Waals surface area contributed by atoms with Crippen LogP contribution in [0, 0.1) is 20.8 Å². The fourth-order valence-corrected chi connectivity index (χ4v) is 2.84. The van der Waals surface area contributed by atoms with E-state index in [0.717, 1.165) is 17.1 Å². The molecule has 0 spiro atoms. The lowest BCUT2D eigenvalue weighted by Crippen LogP contribution is -2.07. The van der Waals surface area contributed by atoms with Gasteiger partial charge < -0.3 is 16.0 Å². The quantitative estimate of drug-likeness (QED) is 0.370. The van der Waals surface area contributed by atoms with Crippen molar-refractivity contribution in [2.75, 3.05) is 16.0 Å². The molecule has 0 radical (unpaired) electrons. The second-order valence-corrected chi connectivity index (χ2v) is 7.28. The van der Waals surface area contributed by atoms with E-state index in [1.165, 1.54) is 16.7 Å². The topological polar surface area (TPSA) is 74.8 Å². The number of hydrogen-bond donors (Lipinski definition) is 3. The zero-order valence-electron chi connectivity index (χ0n) is 17.3.